The summed E-state index contributed by atoms with van der Waals surface area (Å²) in [6, 6.07) is 6.97. The van der Waals surface area contributed by atoms with Crippen LogP contribution in [0.4, 0.5) is 20.5 Å². The zero-order chi connectivity index (χ0) is 30.1. The molecular weight excluding hydrogens is 534 g/mol. The number of pyridine rings is 1. The van der Waals surface area contributed by atoms with Crippen LogP contribution in [-0.4, -0.2) is 67.0 Å². The van der Waals surface area contributed by atoms with E-state index < -0.39 is 11.6 Å². The molecule has 8 nitrogen and oxygen atoms in total. The number of nitrogens with one attached hydrogen (secondary N) is 1. The Balaban J connectivity index is 1.08. The van der Waals surface area contributed by atoms with Crippen molar-refractivity contribution in [2.75, 3.05) is 38.0 Å². The number of imidazole rings is 1. The number of halogens is 2. The van der Waals surface area contributed by atoms with Gasteiger partial charge in [-0.05, 0) is 102 Å². The van der Waals surface area contributed by atoms with Gasteiger partial charge in [0.2, 0.25) is 5.95 Å². The van der Waals surface area contributed by atoms with Gasteiger partial charge < -0.3 is 14.8 Å². The topological polar surface area (TPSA) is 75.0 Å². The first-order chi connectivity index (χ1) is 20.7. The molecule has 0 aliphatic carbocycles. The van der Waals surface area contributed by atoms with Gasteiger partial charge in [0, 0.05) is 32.3 Å². The molecule has 3 aromatic heterocycles. The lowest BCUT2D eigenvalue weighted by molar-refractivity contribution is 0.128. The van der Waals surface area contributed by atoms with Crippen LogP contribution in [0.3, 0.4) is 0 Å². The van der Waals surface area contributed by atoms with E-state index in [-0.39, 0.29) is 29.6 Å². The highest BCUT2D eigenvalue weighted by Crippen LogP contribution is 2.30. The molecule has 0 atom stereocenters. The van der Waals surface area contributed by atoms with Crippen molar-refractivity contribution in [1.82, 2.24) is 34.3 Å². The number of anilines is 2. The Hall–Kier alpha value is -3.50. The number of rotatable bonds is 8. The van der Waals surface area contributed by atoms with Gasteiger partial charge in [-0.3, -0.25) is 4.90 Å². The number of aryl methyl sites for hydroxylation is 1. The molecule has 2 saturated heterocycles. The minimum absolute atomic E-state index is 0.00773. The lowest BCUT2D eigenvalue weighted by Gasteiger charge is -2.36. The number of aromatic nitrogens is 5. The van der Waals surface area contributed by atoms with Gasteiger partial charge in [-0.1, -0.05) is 12.5 Å². The van der Waals surface area contributed by atoms with E-state index in [1.807, 2.05) is 43.7 Å². The van der Waals surface area contributed by atoms with Crippen LogP contribution in [0.15, 0.2) is 36.7 Å². The molecule has 0 saturated carbocycles. The number of nitrogens with zero attached hydrogens (tertiary/aromatic N) is 7. The monoisotopic (exact) mass is 575 g/mol. The Morgan fingerprint density at radius 2 is 1.76 bits per heavy atom. The van der Waals surface area contributed by atoms with Crippen molar-refractivity contribution >= 4 is 22.8 Å². The van der Waals surface area contributed by atoms with Crippen LogP contribution in [0.1, 0.15) is 64.7 Å². The Morgan fingerprint density at radius 3 is 2.48 bits per heavy atom. The van der Waals surface area contributed by atoms with Crippen molar-refractivity contribution < 1.29 is 10.2 Å². The smallest absolute Gasteiger partial charge is 0.229 e. The van der Waals surface area contributed by atoms with E-state index in [1.165, 1.54) is 25.5 Å². The zero-order valence-electron chi connectivity index (χ0n) is 25.7. The molecule has 2 aliphatic heterocycles. The molecule has 2 fully saturated rings. The molecule has 6 rings (SSSR count). The molecule has 4 aromatic rings. The Bertz CT molecular complexity index is 1560. The highest BCUT2D eigenvalue weighted by atomic mass is 19.1. The molecule has 0 unspecified atom stereocenters. The van der Waals surface area contributed by atoms with Crippen molar-refractivity contribution in [1.29, 1.82) is 0 Å². The molecule has 0 bridgehead atoms. The molecule has 10 heteroatoms. The highest BCUT2D eigenvalue weighted by Gasteiger charge is 2.23. The van der Waals surface area contributed by atoms with E-state index in [0.29, 0.717) is 22.7 Å². The molecule has 5 heterocycles. The third-order valence-corrected chi connectivity index (χ3v) is 8.45. The minimum Gasteiger partial charge on any atom is -0.326 e. The summed E-state index contributed by atoms with van der Waals surface area (Å²) >= 11 is 0. The van der Waals surface area contributed by atoms with Gasteiger partial charge in [0.25, 0.3) is 0 Å². The number of piperidine rings is 2. The summed E-state index contributed by atoms with van der Waals surface area (Å²) in [5.74, 6) is 1.01. The molecule has 0 spiro atoms. The fraction of sp³-hybridized carbons (Fsp3) is 0.500. The van der Waals surface area contributed by atoms with E-state index in [2.05, 4.69) is 35.1 Å². The SMILES string of the molecule is [2H]C1CCN(CC2CCN(Cc3ccc(Nc4ncc(F)c(-c5cc(F)c6nc(C)n(C(C)C)c6c5)n4)nc3)CC2)CC1. The van der Waals surface area contributed by atoms with Crippen LogP contribution in [-0.2, 0) is 6.54 Å². The Labute approximate surface area is 247 Å². The van der Waals surface area contributed by atoms with Crippen LogP contribution < -0.4 is 5.32 Å². The van der Waals surface area contributed by atoms with Crippen molar-refractivity contribution in [3.8, 4) is 11.3 Å². The summed E-state index contributed by atoms with van der Waals surface area (Å²) in [5.41, 5.74) is 2.31. The summed E-state index contributed by atoms with van der Waals surface area (Å²) in [4.78, 5) is 22.4. The molecule has 42 heavy (non-hydrogen) atoms. The number of likely N-dealkylation sites (tertiary alicyclic amines) is 2. The first-order valence-corrected chi connectivity index (χ1v) is 15.0. The average molecular weight is 576 g/mol. The lowest BCUT2D eigenvalue weighted by atomic mass is 9.95. The van der Waals surface area contributed by atoms with Crippen LogP contribution in [0.2, 0.25) is 0 Å². The maximum atomic E-state index is 15.0. The lowest BCUT2D eigenvalue weighted by Crippen LogP contribution is -2.40. The summed E-state index contributed by atoms with van der Waals surface area (Å²) < 4.78 is 39.7. The maximum absolute atomic E-state index is 15.0. The average Bonchev–Trinajstić information content (AvgIpc) is 3.34. The largest absolute Gasteiger partial charge is 0.326 e. The van der Waals surface area contributed by atoms with Crippen molar-refractivity contribution in [2.24, 2.45) is 5.92 Å². The van der Waals surface area contributed by atoms with Crippen LogP contribution >= 0.6 is 0 Å². The van der Waals surface area contributed by atoms with Crippen LogP contribution in [0, 0.1) is 24.5 Å². The van der Waals surface area contributed by atoms with E-state index in [1.54, 1.807) is 6.07 Å². The number of benzene rings is 1. The van der Waals surface area contributed by atoms with Gasteiger partial charge >= 0.3 is 0 Å². The first kappa shape index (κ1) is 27.3. The second-order valence-electron chi connectivity index (χ2n) is 11.9. The molecule has 0 amide bonds. The fourth-order valence-electron chi connectivity index (χ4n) is 6.33. The zero-order valence-corrected chi connectivity index (χ0v) is 24.7. The molecule has 222 valence electrons. The molecular formula is C32H40F2N8. The number of fused-ring (bicyclic) bond motifs is 1. The van der Waals surface area contributed by atoms with Gasteiger partial charge in [-0.25, -0.2) is 28.7 Å². The summed E-state index contributed by atoms with van der Waals surface area (Å²) in [5, 5.41) is 3.06. The summed E-state index contributed by atoms with van der Waals surface area (Å²) in [7, 11) is 0. The third-order valence-electron chi connectivity index (χ3n) is 8.45. The van der Waals surface area contributed by atoms with Crippen molar-refractivity contribution in [3.05, 3.63) is 59.7 Å². The van der Waals surface area contributed by atoms with Gasteiger partial charge in [0.05, 0.1) is 11.7 Å². The van der Waals surface area contributed by atoms with E-state index in [4.69, 9.17) is 1.37 Å². The van der Waals surface area contributed by atoms with Gasteiger partial charge in [0.1, 0.15) is 22.9 Å². The first-order valence-electron chi connectivity index (χ1n) is 15.6. The predicted molar refractivity (Wildman–Crippen MR) is 162 cm³/mol. The third kappa shape index (κ3) is 6.29. The van der Waals surface area contributed by atoms with E-state index >= 15 is 4.39 Å². The summed E-state index contributed by atoms with van der Waals surface area (Å²) in [6.45, 7) is 12.2. The number of hydrogen-bond acceptors (Lipinski definition) is 7. The second-order valence-corrected chi connectivity index (χ2v) is 11.9. The predicted octanol–water partition coefficient (Wildman–Crippen LogP) is 6.50. The van der Waals surface area contributed by atoms with Gasteiger partial charge in [-0.2, -0.15) is 0 Å². The number of hydrogen-bond donors (Lipinski definition) is 1. The van der Waals surface area contributed by atoms with E-state index in [9.17, 15) is 4.39 Å². The van der Waals surface area contributed by atoms with Gasteiger partial charge in [0.15, 0.2) is 11.6 Å². The molecule has 1 aromatic carbocycles. The highest BCUT2D eigenvalue weighted by molar-refractivity contribution is 5.83. The van der Waals surface area contributed by atoms with Crippen molar-refractivity contribution in [3.63, 3.8) is 0 Å². The second kappa shape index (κ2) is 12.4. The van der Waals surface area contributed by atoms with Crippen LogP contribution in [0.5, 0.6) is 0 Å². The quantitative estimate of drug-likeness (QED) is 0.257. The molecule has 0 radical (unpaired) electrons. The standard InChI is InChI=1S/C32H40F2N8/c1-21(2)42-22(3)37-31-26(33)15-25(16-28(31)42)30-27(34)18-36-32(39-30)38-29-8-7-24(17-35-29)20-41-13-9-23(10-14-41)19-40-11-5-4-6-12-40/h7-8,15-18,21,23H,4-6,9-14,19-20H2,1-3H3,(H,35,36,38,39)/i4D. The van der Waals surface area contributed by atoms with Gasteiger partial charge in [-0.15, -0.1) is 0 Å². The van der Waals surface area contributed by atoms with Crippen LogP contribution in [0.25, 0.3) is 22.3 Å². The maximum Gasteiger partial charge on any atom is 0.229 e. The normalized spacial score (nSPS) is 18.2. The fourth-order valence-corrected chi connectivity index (χ4v) is 6.33. The van der Waals surface area contributed by atoms with Crippen molar-refractivity contribution in [2.45, 2.75) is 65.4 Å². The summed E-state index contributed by atoms with van der Waals surface area (Å²) in [6.07, 6.45) is 7.49. The Kier molecular flexibility index (Phi) is 8.07. The minimum atomic E-state index is -0.638. The molecule has 2 aliphatic rings. The Morgan fingerprint density at radius 1 is 0.976 bits per heavy atom. The molecule has 1 N–H and O–H groups in total. The van der Waals surface area contributed by atoms with E-state index in [0.717, 1.165) is 63.2 Å².